The fourth-order valence-electron chi connectivity index (χ4n) is 2.95. The highest BCUT2D eigenvalue weighted by atomic mass is 16.2. The number of rotatable bonds is 2. The average Bonchev–Trinajstić information content (AvgIpc) is 2.84. The molecule has 1 aliphatic rings. The third-order valence-electron chi connectivity index (χ3n) is 4.11. The molecule has 1 aliphatic heterocycles. The number of carbonyl (C=O) groups excluding carboxylic acids is 2. The number of carbonyl (C=O) groups is 2. The molecule has 0 saturated heterocycles. The third-order valence-corrected chi connectivity index (χ3v) is 4.11. The van der Waals surface area contributed by atoms with Gasteiger partial charge in [0.2, 0.25) is 0 Å². The number of Topliss-reactive ketones (excluding diaryl/α,β-unsaturated/α-hetero) is 1. The smallest absolute Gasteiger partial charge is 0.255 e. The minimum atomic E-state index is -0.0803. The molecular weight excluding hydrogens is 262 g/mol. The van der Waals surface area contributed by atoms with Gasteiger partial charge in [-0.05, 0) is 31.0 Å². The maximum Gasteiger partial charge on any atom is 0.255 e. The second-order valence-electron chi connectivity index (χ2n) is 5.41. The zero-order valence-corrected chi connectivity index (χ0v) is 12.2. The molecule has 0 N–H and O–H groups in total. The maximum atomic E-state index is 12.8. The van der Waals surface area contributed by atoms with Crippen LogP contribution in [0.5, 0.6) is 0 Å². The van der Waals surface area contributed by atoms with Crippen molar-refractivity contribution in [1.82, 2.24) is 4.90 Å². The van der Waals surface area contributed by atoms with Gasteiger partial charge in [0.1, 0.15) is 0 Å². The van der Waals surface area contributed by atoms with Crippen molar-refractivity contribution in [2.45, 2.75) is 26.4 Å². The Morgan fingerprint density at radius 2 is 1.62 bits per heavy atom. The van der Waals surface area contributed by atoms with Gasteiger partial charge in [-0.1, -0.05) is 42.5 Å². The lowest BCUT2D eigenvalue weighted by Crippen LogP contribution is -2.29. The molecule has 1 heterocycles. The Labute approximate surface area is 124 Å². The van der Waals surface area contributed by atoms with E-state index in [9.17, 15) is 9.59 Å². The van der Waals surface area contributed by atoms with Gasteiger partial charge < -0.3 is 4.90 Å². The van der Waals surface area contributed by atoms with Gasteiger partial charge in [0.15, 0.2) is 5.78 Å². The molecule has 3 nitrogen and oxygen atoms in total. The van der Waals surface area contributed by atoms with Crippen LogP contribution in [0.3, 0.4) is 0 Å². The van der Waals surface area contributed by atoms with Crippen LogP contribution in [0.15, 0.2) is 48.5 Å². The predicted octanol–water partition coefficient (Wildman–Crippen LogP) is 3.61. The van der Waals surface area contributed by atoms with E-state index < -0.39 is 0 Å². The van der Waals surface area contributed by atoms with Crippen molar-refractivity contribution >= 4 is 11.7 Å². The lowest BCUT2D eigenvalue weighted by Gasteiger charge is -2.23. The molecule has 2 aromatic carbocycles. The molecule has 0 fully saturated rings. The molecular formula is C18H17NO2. The number of ketones is 1. The second-order valence-corrected chi connectivity index (χ2v) is 5.41. The lowest BCUT2D eigenvalue weighted by molar-refractivity contribution is 0.0701. The minimum Gasteiger partial charge on any atom is -0.328 e. The Morgan fingerprint density at radius 1 is 1.00 bits per heavy atom. The van der Waals surface area contributed by atoms with Crippen LogP contribution >= 0.6 is 0 Å². The fourth-order valence-corrected chi connectivity index (χ4v) is 2.95. The van der Waals surface area contributed by atoms with Crippen molar-refractivity contribution in [1.29, 1.82) is 0 Å². The zero-order valence-electron chi connectivity index (χ0n) is 12.2. The first-order chi connectivity index (χ1) is 10.1. The van der Waals surface area contributed by atoms with E-state index in [0.29, 0.717) is 17.7 Å². The van der Waals surface area contributed by atoms with Gasteiger partial charge in [-0.2, -0.15) is 0 Å². The SMILES string of the molecule is CC(=O)c1ccccc1C(=O)N1Cc2ccccc2C1C. The van der Waals surface area contributed by atoms with Gasteiger partial charge in [-0.25, -0.2) is 0 Å². The largest absolute Gasteiger partial charge is 0.328 e. The molecule has 0 radical (unpaired) electrons. The fraction of sp³-hybridized carbons (Fsp3) is 0.222. The van der Waals surface area contributed by atoms with Crippen molar-refractivity contribution in [2.24, 2.45) is 0 Å². The first-order valence-corrected chi connectivity index (χ1v) is 7.08. The van der Waals surface area contributed by atoms with E-state index in [1.54, 1.807) is 24.3 Å². The van der Waals surface area contributed by atoms with Crippen LogP contribution in [0.25, 0.3) is 0 Å². The van der Waals surface area contributed by atoms with Gasteiger partial charge in [0.05, 0.1) is 11.6 Å². The molecule has 3 heteroatoms. The molecule has 21 heavy (non-hydrogen) atoms. The summed E-state index contributed by atoms with van der Waals surface area (Å²) in [7, 11) is 0. The van der Waals surface area contributed by atoms with E-state index in [1.165, 1.54) is 18.1 Å². The van der Waals surface area contributed by atoms with Crippen molar-refractivity contribution in [3.63, 3.8) is 0 Å². The van der Waals surface area contributed by atoms with E-state index in [1.807, 2.05) is 24.0 Å². The molecule has 0 aromatic heterocycles. The summed E-state index contributed by atoms with van der Waals surface area (Å²) in [6.45, 7) is 4.12. The second kappa shape index (κ2) is 5.17. The summed E-state index contributed by atoms with van der Waals surface area (Å²) < 4.78 is 0. The predicted molar refractivity (Wildman–Crippen MR) is 81.2 cm³/mol. The summed E-state index contributed by atoms with van der Waals surface area (Å²) in [6, 6.07) is 15.2. The highest BCUT2D eigenvalue weighted by Crippen LogP contribution is 2.34. The Kier molecular flexibility index (Phi) is 3.34. The van der Waals surface area contributed by atoms with Gasteiger partial charge in [-0.3, -0.25) is 9.59 Å². The van der Waals surface area contributed by atoms with E-state index in [2.05, 4.69) is 12.1 Å². The number of nitrogens with zero attached hydrogens (tertiary/aromatic N) is 1. The van der Waals surface area contributed by atoms with E-state index >= 15 is 0 Å². The molecule has 1 atom stereocenters. The summed E-state index contributed by atoms with van der Waals surface area (Å²) in [4.78, 5) is 26.4. The highest BCUT2D eigenvalue weighted by Gasteiger charge is 2.31. The van der Waals surface area contributed by atoms with E-state index in [-0.39, 0.29) is 17.7 Å². The van der Waals surface area contributed by atoms with Gasteiger partial charge in [-0.15, -0.1) is 0 Å². The van der Waals surface area contributed by atoms with Crippen LogP contribution in [-0.2, 0) is 6.54 Å². The van der Waals surface area contributed by atoms with Crippen LogP contribution in [0.2, 0.25) is 0 Å². The Morgan fingerprint density at radius 3 is 2.29 bits per heavy atom. The topological polar surface area (TPSA) is 37.4 Å². The average molecular weight is 279 g/mol. The van der Waals surface area contributed by atoms with Crippen molar-refractivity contribution < 1.29 is 9.59 Å². The molecule has 0 saturated carbocycles. The van der Waals surface area contributed by atoms with Crippen molar-refractivity contribution in [2.75, 3.05) is 0 Å². The Balaban J connectivity index is 1.97. The molecule has 1 amide bonds. The van der Waals surface area contributed by atoms with Gasteiger partial charge in [0, 0.05) is 12.1 Å². The first-order valence-electron chi connectivity index (χ1n) is 7.08. The molecule has 3 rings (SSSR count). The summed E-state index contributed by atoms with van der Waals surface area (Å²) in [5.41, 5.74) is 3.35. The maximum absolute atomic E-state index is 12.8. The molecule has 2 aromatic rings. The molecule has 106 valence electrons. The summed E-state index contributed by atoms with van der Waals surface area (Å²) >= 11 is 0. The first kappa shape index (κ1) is 13.6. The Hall–Kier alpha value is -2.42. The number of amides is 1. The van der Waals surface area contributed by atoms with Gasteiger partial charge in [0.25, 0.3) is 5.91 Å². The quantitative estimate of drug-likeness (QED) is 0.788. The van der Waals surface area contributed by atoms with Crippen LogP contribution in [0, 0.1) is 0 Å². The molecule has 1 unspecified atom stereocenters. The van der Waals surface area contributed by atoms with Crippen LogP contribution in [0.4, 0.5) is 0 Å². The number of hydrogen-bond donors (Lipinski definition) is 0. The molecule has 0 bridgehead atoms. The van der Waals surface area contributed by atoms with Crippen LogP contribution in [0.1, 0.15) is 51.7 Å². The van der Waals surface area contributed by atoms with Crippen LogP contribution < -0.4 is 0 Å². The van der Waals surface area contributed by atoms with E-state index in [0.717, 1.165) is 0 Å². The minimum absolute atomic E-state index is 0.0358. The third kappa shape index (κ3) is 2.25. The van der Waals surface area contributed by atoms with Gasteiger partial charge >= 0.3 is 0 Å². The lowest BCUT2D eigenvalue weighted by atomic mass is 10.0. The standard InChI is InChI=1S/C18H17NO2/c1-12-15-8-4-3-7-14(15)11-19(12)18(21)17-10-6-5-9-16(17)13(2)20/h3-10,12H,11H2,1-2H3. The van der Waals surface area contributed by atoms with Crippen molar-refractivity contribution in [3.05, 3.63) is 70.8 Å². The highest BCUT2D eigenvalue weighted by molar-refractivity contribution is 6.07. The zero-order chi connectivity index (χ0) is 15.0. The monoisotopic (exact) mass is 279 g/mol. The summed E-state index contributed by atoms with van der Waals surface area (Å²) in [5.74, 6) is -0.159. The number of fused-ring (bicyclic) bond motifs is 1. The van der Waals surface area contributed by atoms with E-state index in [4.69, 9.17) is 0 Å². The number of benzene rings is 2. The summed E-state index contributed by atoms with van der Waals surface area (Å²) in [6.07, 6.45) is 0. The molecule has 0 aliphatic carbocycles. The number of hydrogen-bond acceptors (Lipinski definition) is 2. The van der Waals surface area contributed by atoms with Crippen LogP contribution in [-0.4, -0.2) is 16.6 Å². The summed E-state index contributed by atoms with van der Waals surface area (Å²) in [5, 5.41) is 0. The molecule has 0 spiro atoms. The van der Waals surface area contributed by atoms with Crippen molar-refractivity contribution in [3.8, 4) is 0 Å². The normalized spacial score (nSPS) is 16.7. The Bertz CT molecular complexity index is 721.